The first-order valence-electron chi connectivity index (χ1n) is 10.3. The van der Waals surface area contributed by atoms with E-state index in [1.807, 2.05) is 0 Å². The summed E-state index contributed by atoms with van der Waals surface area (Å²) in [6.07, 6.45) is 0.912. The highest BCUT2D eigenvalue weighted by Gasteiger charge is 2.66. The fourth-order valence-electron chi connectivity index (χ4n) is 4.15. The van der Waals surface area contributed by atoms with Gasteiger partial charge in [-0.25, -0.2) is 4.39 Å². The minimum atomic E-state index is -0.892. The molecule has 32 heavy (non-hydrogen) atoms. The minimum Gasteiger partial charge on any atom is -0.396 e. The van der Waals surface area contributed by atoms with Gasteiger partial charge in [0.05, 0.1) is 19.7 Å². The van der Waals surface area contributed by atoms with E-state index in [2.05, 4.69) is 10.6 Å². The van der Waals surface area contributed by atoms with E-state index >= 15 is 0 Å². The number of aliphatic hydroxyl groups is 1. The summed E-state index contributed by atoms with van der Waals surface area (Å²) in [5.41, 5.74) is 5.42. The lowest BCUT2D eigenvalue weighted by Gasteiger charge is -2.27. The number of nitrogens with two attached hydrogens (primary N) is 1. The summed E-state index contributed by atoms with van der Waals surface area (Å²) in [6.45, 7) is 2.62. The van der Waals surface area contributed by atoms with Gasteiger partial charge in [-0.05, 0) is 38.3 Å². The number of primary amides is 1. The van der Waals surface area contributed by atoms with E-state index in [0.29, 0.717) is 24.1 Å². The third kappa shape index (κ3) is 4.50. The molecule has 1 aliphatic heterocycles. The van der Waals surface area contributed by atoms with E-state index in [-0.39, 0.29) is 42.9 Å². The molecule has 0 unspecified atom stereocenters. The zero-order valence-corrected chi connectivity index (χ0v) is 18.1. The van der Waals surface area contributed by atoms with Gasteiger partial charge in [0.2, 0.25) is 11.8 Å². The average molecular weight is 445 g/mol. The molecule has 3 rings (SSSR count). The first kappa shape index (κ1) is 23.4. The van der Waals surface area contributed by atoms with Crippen LogP contribution in [-0.2, 0) is 14.4 Å². The van der Waals surface area contributed by atoms with Crippen LogP contribution in [0.15, 0.2) is 35.7 Å². The fraction of sp³-hybridized carbons (Fsp3) is 0.455. The number of piperidine rings is 1. The topological polar surface area (TPSA) is 149 Å². The second-order valence-corrected chi connectivity index (χ2v) is 8.52. The number of hydrogen-bond acceptors (Lipinski definition) is 6. The van der Waals surface area contributed by atoms with Crippen molar-refractivity contribution < 1.29 is 23.9 Å². The quantitative estimate of drug-likeness (QED) is 0.355. The van der Waals surface area contributed by atoms with Crippen molar-refractivity contribution in [1.82, 2.24) is 10.2 Å². The number of nitrogens with one attached hydrogen (secondary N) is 3. The van der Waals surface area contributed by atoms with Crippen LogP contribution in [0.5, 0.6) is 0 Å². The molecule has 172 valence electrons. The van der Waals surface area contributed by atoms with Gasteiger partial charge in [0.1, 0.15) is 17.6 Å². The van der Waals surface area contributed by atoms with Crippen LogP contribution in [0.1, 0.15) is 32.3 Å². The summed E-state index contributed by atoms with van der Waals surface area (Å²) in [4.78, 5) is 38.6. The van der Waals surface area contributed by atoms with Gasteiger partial charge < -0.3 is 26.4 Å². The Morgan fingerprint density at radius 1 is 1.25 bits per heavy atom. The van der Waals surface area contributed by atoms with Gasteiger partial charge in [-0.2, -0.15) is 0 Å². The van der Waals surface area contributed by atoms with Crippen molar-refractivity contribution >= 4 is 29.1 Å². The van der Waals surface area contributed by atoms with E-state index in [9.17, 15) is 23.9 Å². The maximum absolute atomic E-state index is 13.8. The molecule has 0 radical (unpaired) electrons. The van der Waals surface area contributed by atoms with Crippen LogP contribution in [0.2, 0.25) is 0 Å². The molecule has 1 heterocycles. The van der Waals surface area contributed by atoms with Crippen LogP contribution < -0.4 is 16.4 Å². The molecule has 3 amide bonds. The number of para-hydroxylation sites is 1. The lowest BCUT2D eigenvalue weighted by atomic mass is 10.0. The van der Waals surface area contributed by atoms with Crippen LogP contribution in [0, 0.1) is 10.8 Å². The molecule has 2 aliphatic rings. The molecule has 10 heteroatoms. The van der Waals surface area contributed by atoms with Crippen LogP contribution in [0.3, 0.4) is 0 Å². The van der Waals surface area contributed by atoms with E-state index < -0.39 is 29.1 Å². The largest absolute Gasteiger partial charge is 0.396 e. The number of fused-ring (bicyclic) bond motifs is 1. The summed E-state index contributed by atoms with van der Waals surface area (Å²) in [5.74, 6) is -2.17. The number of likely N-dealkylation sites (tertiary alicyclic amines) is 1. The second kappa shape index (κ2) is 9.07. The Balaban J connectivity index is 1.72. The van der Waals surface area contributed by atoms with Crippen molar-refractivity contribution in [2.75, 3.05) is 25.0 Å². The highest BCUT2D eigenvalue weighted by molar-refractivity contribution is 6.44. The molecule has 0 aromatic heterocycles. The molecular weight excluding hydrogens is 417 g/mol. The van der Waals surface area contributed by atoms with E-state index in [1.165, 1.54) is 4.90 Å². The number of nitrogens with zero attached hydrogens (tertiary/aromatic N) is 1. The van der Waals surface area contributed by atoms with E-state index in [1.54, 1.807) is 38.1 Å². The molecule has 1 aromatic carbocycles. The number of anilines is 1. The minimum absolute atomic E-state index is 0.139. The van der Waals surface area contributed by atoms with Gasteiger partial charge in [-0.3, -0.25) is 19.8 Å². The van der Waals surface area contributed by atoms with Crippen LogP contribution in [0.25, 0.3) is 0 Å². The zero-order valence-electron chi connectivity index (χ0n) is 18.1. The van der Waals surface area contributed by atoms with Crippen LogP contribution in [0.4, 0.5) is 10.1 Å². The van der Waals surface area contributed by atoms with Crippen LogP contribution in [-0.4, -0.2) is 65.2 Å². The number of halogens is 1. The Labute approximate surface area is 185 Å². The molecule has 0 bridgehead atoms. The van der Waals surface area contributed by atoms with Crippen LogP contribution >= 0.6 is 0 Å². The Morgan fingerprint density at radius 3 is 2.56 bits per heavy atom. The average Bonchev–Trinajstić information content (AvgIpc) is 3.39. The highest BCUT2D eigenvalue weighted by atomic mass is 19.1. The summed E-state index contributed by atoms with van der Waals surface area (Å²) < 4.78 is 13.8. The Morgan fingerprint density at radius 2 is 1.94 bits per heavy atom. The van der Waals surface area contributed by atoms with E-state index in [4.69, 9.17) is 11.1 Å². The predicted molar refractivity (Wildman–Crippen MR) is 117 cm³/mol. The summed E-state index contributed by atoms with van der Waals surface area (Å²) in [7, 11) is 0. The monoisotopic (exact) mass is 445 g/mol. The SMILES string of the molecule is CC(C)=C(F)CNC(=O)[C@@H]1C[C@@]2(CO)C[C@H]2N1C(=O)CNc1ccccc1C(=N)C(N)=O. The maximum atomic E-state index is 13.8. The van der Waals surface area contributed by atoms with Gasteiger partial charge in [-0.1, -0.05) is 18.2 Å². The van der Waals surface area contributed by atoms with Gasteiger partial charge in [0.25, 0.3) is 5.91 Å². The summed E-state index contributed by atoms with van der Waals surface area (Å²) in [6, 6.07) is 5.43. The normalized spacial score (nSPS) is 23.2. The standard InChI is InChI=1S/C22H28FN5O4/c1-12(2)14(23)9-27-21(32)16-7-22(11-29)8-17(22)28(16)18(30)10-26-15-6-4-3-5-13(15)19(24)20(25)31/h3-6,16-17,24,26,29H,7-11H2,1-2H3,(H2,25,31)(H,27,32)/t16-,17+,22-/m0/s1. The zero-order chi connectivity index (χ0) is 23.6. The molecule has 9 nitrogen and oxygen atoms in total. The van der Waals surface area contributed by atoms with Crippen molar-refractivity contribution in [1.29, 1.82) is 5.41 Å². The first-order valence-corrected chi connectivity index (χ1v) is 10.3. The highest BCUT2D eigenvalue weighted by Crippen LogP contribution is 2.59. The number of benzene rings is 1. The first-order chi connectivity index (χ1) is 15.1. The molecule has 3 atom stereocenters. The molecule has 1 aliphatic carbocycles. The lowest BCUT2D eigenvalue weighted by Crippen LogP contribution is -2.49. The number of aliphatic hydroxyl groups excluding tert-OH is 1. The number of allylic oxidation sites excluding steroid dienone is 1. The molecule has 1 saturated heterocycles. The molecule has 0 spiro atoms. The number of carbonyl (C=O) groups excluding carboxylic acids is 3. The third-order valence-corrected chi connectivity index (χ3v) is 6.16. The Kier molecular flexibility index (Phi) is 6.63. The molecule has 2 fully saturated rings. The van der Waals surface area contributed by atoms with Crippen molar-refractivity contribution in [2.24, 2.45) is 11.1 Å². The lowest BCUT2D eigenvalue weighted by molar-refractivity contribution is -0.138. The van der Waals surface area contributed by atoms with Crippen molar-refractivity contribution in [3.8, 4) is 0 Å². The van der Waals surface area contributed by atoms with Gasteiger partial charge >= 0.3 is 0 Å². The summed E-state index contributed by atoms with van der Waals surface area (Å²) in [5, 5.41) is 23.1. The molecular formula is C22H28FN5O4. The third-order valence-electron chi connectivity index (χ3n) is 6.16. The molecule has 1 aromatic rings. The van der Waals surface area contributed by atoms with Gasteiger partial charge in [-0.15, -0.1) is 0 Å². The predicted octanol–water partition coefficient (Wildman–Crippen LogP) is 0.683. The van der Waals surface area contributed by atoms with E-state index in [0.717, 1.165) is 0 Å². The molecule has 1 saturated carbocycles. The fourth-order valence-corrected chi connectivity index (χ4v) is 4.15. The Hall–Kier alpha value is -3.27. The number of amides is 3. The van der Waals surface area contributed by atoms with Crippen molar-refractivity contribution in [3.63, 3.8) is 0 Å². The molecule has 6 N–H and O–H groups in total. The smallest absolute Gasteiger partial charge is 0.267 e. The maximum Gasteiger partial charge on any atom is 0.267 e. The Bertz CT molecular complexity index is 990. The number of rotatable bonds is 9. The van der Waals surface area contributed by atoms with Crippen molar-refractivity contribution in [3.05, 3.63) is 41.2 Å². The number of hydrogen-bond donors (Lipinski definition) is 5. The summed E-state index contributed by atoms with van der Waals surface area (Å²) >= 11 is 0. The van der Waals surface area contributed by atoms with Crippen molar-refractivity contribution in [2.45, 2.75) is 38.8 Å². The number of carbonyl (C=O) groups is 3. The second-order valence-electron chi connectivity index (χ2n) is 8.52. The van der Waals surface area contributed by atoms with Gasteiger partial charge in [0, 0.05) is 22.7 Å². The van der Waals surface area contributed by atoms with Gasteiger partial charge in [0.15, 0.2) is 0 Å².